The van der Waals surface area contributed by atoms with Crippen LogP contribution in [-0.2, 0) is 11.2 Å². The van der Waals surface area contributed by atoms with Gasteiger partial charge in [0.15, 0.2) is 0 Å². The van der Waals surface area contributed by atoms with E-state index in [-0.39, 0.29) is 12.0 Å². The molecule has 1 atom stereocenters. The molecule has 0 radical (unpaired) electrons. The minimum absolute atomic E-state index is 0.0240. The Kier molecular flexibility index (Phi) is 5.50. The van der Waals surface area contributed by atoms with Gasteiger partial charge in [-0.1, -0.05) is 31.0 Å². The summed E-state index contributed by atoms with van der Waals surface area (Å²) in [5.41, 5.74) is 3.58. The normalized spacial score (nSPS) is 19.4. The molecule has 1 N–H and O–H groups in total. The van der Waals surface area contributed by atoms with Crippen molar-refractivity contribution < 1.29 is 9.53 Å². The van der Waals surface area contributed by atoms with Gasteiger partial charge in [-0.05, 0) is 50.3 Å². The lowest BCUT2D eigenvalue weighted by Crippen LogP contribution is -2.32. The van der Waals surface area contributed by atoms with E-state index in [9.17, 15) is 4.79 Å². The number of aromatic nitrogens is 2. The van der Waals surface area contributed by atoms with Gasteiger partial charge in [-0.2, -0.15) is 5.10 Å². The highest BCUT2D eigenvalue weighted by atomic mass is 35.5. The first-order valence-electron chi connectivity index (χ1n) is 9.95. The van der Waals surface area contributed by atoms with Crippen LogP contribution in [-0.4, -0.2) is 34.9 Å². The fourth-order valence-corrected chi connectivity index (χ4v) is 3.94. The number of carbonyl (C=O) groups is 1. The average molecular weight is 388 g/mol. The molecule has 5 nitrogen and oxygen atoms in total. The molecule has 2 aliphatic rings. The zero-order valence-electron chi connectivity index (χ0n) is 15.7. The van der Waals surface area contributed by atoms with E-state index in [1.165, 1.54) is 0 Å². The van der Waals surface area contributed by atoms with Crippen molar-refractivity contribution in [2.75, 3.05) is 13.2 Å². The van der Waals surface area contributed by atoms with Gasteiger partial charge in [0, 0.05) is 24.1 Å². The fourth-order valence-electron chi connectivity index (χ4n) is 3.75. The molecule has 27 heavy (non-hydrogen) atoms. The summed E-state index contributed by atoms with van der Waals surface area (Å²) in [6, 6.07) is 7.66. The van der Waals surface area contributed by atoms with Crippen LogP contribution in [0.3, 0.4) is 0 Å². The molecule has 1 unspecified atom stereocenters. The van der Waals surface area contributed by atoms with Crippen LogP contribution in [0, 0.1) is 0 Å². The summed E-state index contributed by atoms with van der Waals surface area (Å²) in [5.74, 6) is 0.369. The van der Waals surface area contributed by atoms with Gasteiger partial charge in [-0.3, -0.25) is 4.79 Å². The number of carbonyl (C=O) groups excluding carboxylic acids is 1. The molecule has 4 rings (SSSR count). The maximum absolute atomic E-state index is 13.1. The van der Waals surface area contributed by atoms with Crippen molar-refractivity contribution >= 4 is 17.5 Å². The predicted molar refractivity (Wildman–Crippen MR) is 106 cm³/mol. The quantitative estimate of drug-likeness (QED) is 0.772. The maximum Gasteiger partial charge on any atom is 0.255 e. The maximum atomic E-state index is 13.1. The monoisotopic (exact) mass is 387 g/mol. The Balaban J connectivity index is 1.68. The van der Waals surface area contributed by atoms with Gasteiger partial charge < -0.3 is 10.1 Å². The Bertz CT molecular complexity index is 823. The standard InChI is InChI=1S/C21H26ClN3O2/c1-2-5-18-19(21(26)23-13-17-8-4-11-27-17)20(14-9-10-14)24-25(18)16-7-3-6-15(22)12-16/h3,6-7,12,14,17H,2,4-5,8-11,13H2,1H3,(H,23,26). The zero-order valence-corrected chi connectivity index (χ0v) is 16.5. The summed E-state index contributed by atoms with van der Waals surface area (Å²) < 4.78 is 7.57. The third-order valence-corrected chi connectivity index (χ3v) is 5.49. The van der Waals surface area contributed by atoms with E-state index >= 15 is 0 Å². The Morgan fingerprint density at radius 2 is 2.22 bits per heavy atom. The predicted octanol–water partition coefficient (Wildman–Crippen LogP) is 4.26. The van der Waals surface area contributed by atoms with Gasteiger partial charge in [0.05, 0.1) is 28.7 Å². The van der Waals surface area contributed by atoms with Crippen molar-refractivity contribution in [3.63, 3.8) is 0 Å². The molecule has 1 amide bonds. The summed E-state index contributed by atoms with van der Waals surface area (Å²) >= 11 is 6.20. The number of hydrogen-bond donors (Lipinski definition) is 1. The molecule has 144 valence electrons. The first-order valence-corrected chi connectivity index (χ1v) is 10.3. The van der Waals surface area contributed by atoms with Gasteiger partial charge in [0.2, 0.25) is 0 Å². The van der Waals surface area contributed by atoms with Gasteiger partial charge in [0.1, 0.15) is 0 Å². The van der Waals surface area contributed by atoms with Crippen LogP contribution >= 0.6 is 11.6 Å². The summed E-state index contributed by atoms with van der Waals surface area (Å²) in [6.07, 6.45) is 6.17. The molecule has 1 aliphatic heterocycles. The van der Waals surface area contributed by atoms with E-state index in [0.717, 1.165) is 67.8 Å². The van der Waals surface area contributed by atoms with Crippen molar-refractivity contribution in [3.8, 4) is 5.69 Å². The molecule has 1 saturated heterocycles. The van der Waals surface area contributed by atoms with Crippen molar-refractivity contribution in [1.82, 2.24) is 15.1 Å². The third-order valence-electron chi connectivity index (χ3n) is 5.25. The summed E-state index contributed by atoms with van der Waals surface area (Å²) in [6.45, 7) is 3.48. The molecule has 6 heteroatoms. The van der Waals surface area contributed by atoms with Crippen LogP contribution in [0.5, 0.6) is 0 Å². The Morgan fingerprint density at radius 3 is 2.89 bits per heavy atom. The summed E-state index contributed by atoms with van der Waals surface area (Å²) in [5, 5.41) is 8.63. The molecule has 0 spiro atoms. The molecular formula is C21H26ClN3O2. The number of benzene rings is 1. The lowest BCUT2D eigenvalue weighted by Gasteiger charge is -2.12. The molecule has 1 aromatic carbocycles. The van der Waals surface area contributed by atoms with Crippen LogP contribution in [0.15, 0.2) is 24.3 Å². The topological polar surface area (TPSA) is 56.1 Å². The number of nitrogens with zero attached hydrogens (tertiary/aromatic N) is 2. The highest BCUT2D eigenvalue weighted by Gasteiger charge is 2.34. The second-order valence-electron chi connectivity index (χ2n) is 7.47. The number of rotatable bonds is 7. The van der Waals surface area contributed by atoms with Crippen molar-refractivity contribution in [2.24, 2.45) is 0 Å². The van der Waals surface area contributed by atoms with E-state index in [1.807, 2.05) is 28.9 Å². The number of ether oxygens (including phenoxy) is 1. The van der Waals surface area contributed by atoms with Gasteiger partial charge in [-0.25, -0.2) is 4.68 Å². The van der Waals surface area contributed by atoms with Crippen LogP contribution in [0.1, 0.15) is 66.7 Å². The summed E-state index contributed by atoms with van der Waals surface area (Å²) in [7, 11) is 0. The van der Waals surface area contributed by atoms with Gasteiger partial charge >= 0.3 is 0 Å². The van der Waals surface area contributed by atoms with E-state index < -0.39 is 0 Å². The van der Waals surface area contributed by atoms with E-state index in [0.29, 0.717) is 17.5 Å². The molecule has 2 aromatic rings. The molecule has 2 fully saturated rings. The zero-order chi connectivity index (χ0) is 18.8. The Hall–Kier alpha value is -1.85. The van der Waals surface area contributed by atoms with Crippen LogP contribution in [0.4, 0.5) is 0 Å². The van der Waals surface area contributed by atoms with Crippen molar-refractivity contribution in [2.45, 2.75) is 57.5 Å². The van der Waals surface area contributed by atoms with Crippen LogP contribution in [0.25, 0.3) is 5.69 Å². The van der Waals surface area contributed by atoms with Gasteiger partial charge in [-0.15, -0.1) is 0 Å². The number of nitrogens with one attached hydrogen (secondary N) is 1. The second kappa shape index (κ2) is 8.03. The van der Waals surface area contributed by atoms with Gasteiger partial charge in [0.25, 0.3) is 5.91 Å². The number of amides is 1. The second-order valence-corrected chi connectivity index (χ2v) is 7.90. The molecule has 1 aliphatic carbocycles. The molecule has 1 aromatic heterocycles. The smallest absolute Gasteiger partial charge is 0.255 e. The van der Waals surface area contributed by atoms with Crippen molar-refractivity contribution in [1.29, 1.82) is 0 Å². The molecule has 2 heterocycles. The Morgan fingerprint density at radius 1 is 1.37 bits per heavy atom. The molecule has 0 bridgehead atoms. The van der Waals surface area contributed by atoms with Crippen LogP contribution < -0.4 is 5.32 Å². The first-order chi connectivity index (χ1) is 13.2. The molecule has 1 saturated carbocycles. The third kappa shape index (κ3) is 4.04. The highest BCUT2D eigenvalue weighted by Crippen LogP contribution is 2.42. The SMILES string of the molecule is CCCc1c(C(=O)NCC2CCCO2)c(C2CC2)nn1-c1cccc(Cl)c1. The summed E-state index contributed by atoms with van der Waals surface area (Å²) in [4.78, 5) is 13.1. The highest BCUT2D eigenvalue weighted by molar-refractivity contribution is 6.30. The number of hydrogen-bond acceptors (Lipinski definition) is 3. The van der Waals surface area contributed by atoms with E-state index in [1.54, 1.807) is 0 Å². The first kappa shape index (κ1) is 18.5. The minimum atomic E-state index is -0.0240. The fraction of sp³-hybridized carbons (Fsp3) is 0.524. The van der Waals surface area contributed by atoms with Crippen molar-refractivity contribution in [3.05, 3.63) is 46.2 Å². The number of halogens is 1. The van der Waals surface area contributed by atoms with Crippen LogP contribution in [0.2, 0.25) is 5.02 Å². The lowest BCUT2D eigenvalue weighted by atomic mass is 10.1. The lowest BCUT2D eigenvalue weighted by molar-refractivity contribution is 0.0856. The average Bonchev–Trinajstić information content (AvgIpc) is 3.24. The minimum Gasteiger partial charge on any atom is -0.376 e. The largest absolute Gasteiger partial charge is 0.376 e. The molecular weight excluding hydrogens is 362 g/mol. The van der Waals surface area contributed by atoms with E-state index in [2.05, 4.69) is 12.2 Å². The van der Waals surface area contributed by atoms with E-state index in [4.69, 9.17) is 21.4 Å². The Labute approximate surface area is 165 Å².